The maximum Gasteiger partial charge on any atom is 0.0853 e. The van der Waals surface area contributed by atoms with Gasteiger partial charge in [-0.05, 0) is 111 Å². The molecule has 0 saturated heterocycles. The van der Waals surface area contributed by atoms with E-state index in [1.54, 1.807) is 25.0 Å². The monoisotopic (exact) mass is 476 g/mol. The maximum absolute atomic E-state index is 10.9. The fourth-order valence-electron chi connectivity index (χ4n) is 9.75. The van der Waals surface area contributed by atoms with Crippen molar-refractivity contribution in [3.05, 3.63) is 11.1 Å². The Kier molecular flexibility index (Phi) is 6.50. The minimum atomic E-state index is -1.04. The molecule has 4 rings (SSSR count). The molecule has 0 aliphatic heterocycles. The number of aliphatic hydroxyl groups excluding tert-OH is 3. The van der Waals surface area contributed by atoms with E-state index in [9.17, 15) is 20.4 Å². The number of aliphatic hydroxyl groups is 4. The van der Waals surface area contributed by atoms with Gasteiger partial charge in [-0.2, -0.15) is 0 Å². The van der Waals surface area contributed by atoms with Crippen molar-refractivity contribution in [3.63, 3.8) is 0 Å². The van der Waals surface area contributed by atoms with Gasteiger partial charge in [-0.1, -0.05) is 52.7 Å². The molecule has 0 bridgehead atoms. The summed E-state index contributed by atoms with van der Waals surface area (Å²) in [5.41, 5.74) is 2.39. The number of hydrogen-bond donors (Lipinski definition) is 4. The molecule has 196 valence electrons. The SMILES string of the molecule is C[C@H](CC[C@@H](O)C(C)(C)O)[C@H]1CC[C@@]2(C)C3=C(CC[C@]12C)[C@@]1(C)C[C@@H](O)[C@H](O)C(C)(C)[C@H]1CC3. The van der Waals surface area contributed by atoms with Crippen LogP contribution in [0.2, 0.25) is 0 Å². The highest BCUT2D eigenvalue weighted by atomic mass is 16.3. The molecule has 4 aliphatic rings. The van der Waals surface area contributed by atoms with Crippen LogP contribution in [0.3, 0.4) is 0 Å². The van der Waals surface area contributed by atoms with E-state index < -0.39 is 23.9 Å². The predicted octanol–water partition coefficient (Wildman–Crippen LogP) is 5.62. The van der Waals surface area contributed by atoms with E-state index >= 15 is 0 Å². The number of hydrogen-bond acceptors (Lipinski definition) is 4. The molecule has 0 aromatic heterocycles. The van der Waals surface area contributed by atoms with Crippen LogP contribution >= 0.6 is 0 Å². The average Bonchev–Trinajstić information content (AvgIpc) is 3.01. The molecular weight excluding hydrogens is 424 g/mol. The Bertz CT molecular complexity index is 824. The number of rotatable bonds is 5. The first-order valence-corrected chi connectivity index (χ1v) is 14.0. The molecule has 4 N–H and O–H groups in total. The number of fused-ring (bicyclic) bond motifs is 4. The highest BCUT2D eigenvalue weighted by molar-refractivity contribution is 5.39. The summed E-state index contributed by atoms with van der Waals surface area (Å²) < 4.78 is 0. The van der Waals surface area contributed by atoms with Crippen LogP contribution in [0.5, 0.6) is 0 Å². The van der Waals surface area contributed by atoms with Gasteiger partial charge in [0.2, 0.25) is 0 Å². The van der Waals surface area contributed by atoms with E-state index in [1.165, 1.54) is 19.3 Å². The largest absolute Gasteiger partial charge is 0.390 e. The lowest BCUT2D eigenvalue weighted by molar-refractivity contribution is -0.158. The molecule has 0 spiro atoms. The molecule has 9 atom stereocenters. The van der Waals surface area contributed by atoms with Gasteiger partial charge < -0.3 is 20.4 Å². The highest BCUT2D eigenvalue weighted by Crippen LogP contribution is 2.72. The van der Waals surface area contributed by atoms with Crippen LogP contribution in [0.15, 0.2) is 11.1 Å². The molecule has 4 aliphatic carbocycles. The van der Waals surface area contributed by atoms with Crippen LogP contribution < -0.4 is 0 Å². The zero-order chi connectivity index (χ0) is 25.5. The molecule has 0 heterocycles. The van der Waals surface area contributed by atoms with Gasteiger partial charge in [0.1, 0.15) is 0 Å². The molecule has 0 aromatic rings. The Hall–Kier alpha value is -0.420. The van der Waals surface area contributed by atoms with E-state index in [0.29, 0.717) is 30.6 Å². The zero-order valence-corrected chi connectivity index (χ0v) is 23.1. The van der Waals surface area contributed by atoms with E-state index in [0.717, 1.165) is 25.7 Å². The Morgan fingerprint density at radius 2 is 1.59 bits per heavy atom. The van der Waals surface area contributed by atoms with Gasteiger partial charge in [0.15, 0.2) is 0 Å². The van der Waals surface area contributed by atoms with Gasteiger partial charge >= 0.3 is 0 Å². The second-order valence-electron chi connectivity index (χ2n) is 14.6. The summed E-state index contributed by atoms with van der Waals surface area (Å²) >= 11 is 0. The van der Waals surface area contributed by atoms with Crippen molar-refractivity contribution in [1.82, 2.24) is 0 Å². The third kappa shape index (κ3) is 3.68. The summed E-state index contributed by atoms with van der Waals surface area (Å²) in [6, 6.07) is 0. The van der Waals surface area contributed by atoms with Crippen molar-refractivity contribution in [2.45, 2.75) is 137 Å². The molecule has 2 saturated carbocycles. The Morgan fingerprint density at radius 3 is 2.21 bits per heavy atom. The smallest absolute Gasteiger partial charge is 0.0853 e. The first-order chi connectivity index (χ1) is 15.5. The van der Waals surface area contributed by atoms with Crippen LogP contribution in [0.25, 0.3) is 0 Å². The van der Waals surface area contributed by atoms with Crippen molar-refractivity contribution in [3.8, 4) is 0 Å². The third-order valence-electron chi connectivity index (χ3n) is 12.2. The molecule has 4 heteroatoms. The molecule has 2 fully saturated rings. The van der Waals surface area contributed by atoms with Gasteiger partial charge in [-0.25, -0.2) is 0 Å². The van der Waals surface area contributed by atoms with Gasteiger partial charge in [-0.3, -0.25) is 0 Å². The molecule has 0 unspecified atom stereocenters. The molecule has 0 radical (unpaired) electrons. The maximum atomic E-state index is 10.9. The van der Waals surface area contributed by atoms with E-state index in [4.69, 9.17) is 0 Å². The number of allylic oxidation sites excluding steroid dienone is 2. The normalized spacial score (nSPS) is 45.9. The van der Waals surface area contributed by atoms with E-state index in [2.05, 4.69) is 41.5 Å². The first-order valence-electron chi connectivity index (χ1n) is 14.0. The quantitative estimate of drug-likeness (QED) is 0.389. The second kappa shape index (κ2) is 8.30. The second-order valence-corrected chi connectivity index (χ2v) is 14.6. The van der Waals surface area contributed by atoms with Crippen molar-refractivity contribution in [2.24, 2.45) is 39.4 Å². The van der Waals surface area contributed by atoms with Crippen LogP contribution in [0, 0.1) is 39.4 Å². The zero-order valence-electron chi connectivity index (χ0n) is 23.1. The summed E-state index contributed by atoms with van der Waals surface area (Å²) in [4.78, 5) is 0. The van der Waals surface area contributed by atoms with E-state index in [1.807, 2.05) is 0 Å². The summed E-state index contributed by atoms with van der Waals surface area (Å²) in [7, 11) is 0. The molecule has 4 nitrogen and oxygen atoms in total. The van der Waals surface area contributed by atoms with Gasteiger partial charge in [-0.15, -0.1) is 0 Å². The van der Waals surface area contributed by atoms with Gasteiger partial charge in [0, 0.05) is 0 Å². The summed E-state index contributed by atoms with van der Waals surface area (Å²) in [5, 5.41) is 42.3. The van der Waals surface area contributed by atoms with Crippen LogP contribution in [-0.4, -0.2) is 44.3 Å². The lowest BCUT2D eigenvalue weighted by atomic mass is 9.43. The third-order valence-corrected chi connectivity index (χ3v) is 12.2. The minimum absolute atomic E-state index is 0.0272. The molecule has 0 aromatic carbocycles. The Labute approximate surface area is 208 Å². The highest BCUT2D eigenvalue weighted by Gasteiger charge is 2.64. The molecular formula is C30H52O4. The lowest BCUT2D eigenvalue weighted by Crippen LogP contribution is -2.59. The average molecular weight is 477 g/mol. The topological polar surface area (TPSA) is 80.9 Å². The Balaban J connectivity index is 1.62. The van der Waals surface area contributed by atoms with Gasteiger partial charge in [0.25, 0.3) is 0 Å². The summed E-state index contributed by atoms with van der Waals surface area (Å²) in [6.45, 7) is 17.6. The van der Waals surface area contributed by atoms with Crippen LogP contribution in [0.1, 0.15) is 113 Å². The minimum Gasteiger partial charge on any atom is -0.390 e. The fraction of sp³-hybridized carbons (Fsp3) is 0.933. The van der Waals surface area contributed by atoms with Crippen molar-refractivity contribution in [2.75, 3.05) is 0 Å². The Morgan fingerprint density at radius 1 is 0.941 bits per heavy atom. The molecule has 34 heavy (non-hydrogen) atoms. The summed E-state index contributed by atoms with van der Waals surface area (Å²) in [6.07, 6.45) is 7.30. The van der Waals surface area contributed by atoms with Crippen molar-refractivity contribution >= 4 is 0 Å². The standard InChI is InChI=1S/C30H52O4/c1-18(9-12-24(32)27(4,5)34)19-13-15-30(8)21-10-11-23-26(2,3)25(33)22(31)17-28(23,6)20(21)14-16-29(19,30)7/h18-19,22-25,31-34H,9-17H2,1-8H3/t18-,19-,22-,23-,24-,25+,28-,29-,30+/m1/s1. The van der Waals surface area contributed by atoms with Crippen molar-refractivity contribution in [1.29, 1.82) is 0 Å². The van der Waals surface area contributed by atoms with Gasteiger partial charge in [0.05, 0.1) is 23.9 Å². The van der Waals surface area contributed by atoms with Crippen LogP contribution in [-0.2, 0) is 0 Å². The lowest BCUT2D eigenvalue weighted by Gasteiger charge is -2.63. The van der Waals surface area contributed by atoms with E-state index in [-0.39, 0.29) is 21.7 Å². The predicted molar refractivity (Wildman–Crippen MR) is 137 cm³/mol. The van der Waals surface area contributed by atoms with Crippen LogP contribution in [0.4, 0.5) is 0 Å². The summed E-state index contributed by atoms with van der Waals surface area (Å²) in [5.74, 6) is 1.55. The fourth-order valence-corrected chi connectivity index (χ4v) is 9.75. The first kappa shape index (κ1) is 26.6. The van der Waals surface area contributed by atoms with Crippen molar-refractivity contribution < 1.29 is 20.4 Å². The molecule has 0 amide bonds.